The molecule has 2 heterocycles. The fourth-order valence-electron chi connectivity index (χ4n) is 2.75. The van der Waals surface area contributed by atoms with Crippen molar-refractivity contribution in [3.05, 3.63) is 66.1 Å². The molecule has 0 aliphatic rings. The zero-order valence-corrected chi connectivity index (χ0v) is 13.7. The summed E-state index contributed by atoms with van der Waals surface area (Å²) in [6.07, 6.45) is 4.48. The van der Waals surface area contributed by atoms with Crippen molar-refractivity contribution in [3.63, 3.8) is 0 Å². The number of pyridine rings is 1. The van der Waals surface area contributed by atoms with Gasteiger partial charge in [0.15, 0.2) is 0 Å². The maximum Gasteiger partial charge on any atom is 0.251 e. The van der Waals surface area contributed by atoms with E-state index in [0.717, 1.165) is 29.6 Å². The number of rotatable bonds is 7. The van der Waals surface area contributed by atoms with Gasteiger partial charge in [-0.1, -0.05) is 12.1 Å². The summed E-state index contributed by atoms with van der Waals surface area (Å²) in [5, 5.41) is 3.94. The van der Waals surface area contributed by atoms with E-state index >= 15 is 0 Å². The highest BCUT2D eigenvalue weighted by Crippen LogP contribution is 2.20. The van der Waals surface area contributed by atoms with Gasteiger partial charge in [-0.05, 0) is 30.3 Å². The Kier molecular flexibility index (Phi) is 5.23. The Bertz CT molecular complexity index is 812. The second-order valence-corrected chi connectivity index (χ2v) is 5.57. The minimum atomic E-state index is -0.0546. The topological polar surface area (TPSA) is 56.1 Å². The van der Waals surface area contributed by atoms with Crippen molar-refractivity contribution in [1.82, 2.24) is 14.9 Å². The van der Waals surface area contributed by atoms with E-state index in [9.17, 15) is 4.79 Å². The molecule has 24 heavy (non-hydrogen) atoms. The molecule has 0 unspecified atom stereocenters. The zero-order chi connectivity index (χ0) is 16.8. The van der Waals surface area contributed by atoms with Crippen LogP contribution in [0.15, 0.2) is 54.9 Å². The van der Waals surface area contributed by atoms with Gasteiger partial charge in [0.05, 0.1) is 6.61 Å². The second kappa shape index (κ2) is 7.75. The molecule has 0 atom stereocenters. The van der Waals surface area contributed by atoms with Crippen LogP contribution in [0.2, 0.25) is 0 Å². The van der Waals surface area contributed by atoms with Crippen molar-refractivity contribution >= 4 is 16.8 Å². The largest absolute Gasteiger partial charge is 0.383 e. The van der Waals surface area contributed by atoms with Crippen molar-refractivity contribution in [2.24, 2.45) is 0 Å². The van der Waals surface area contributed by atoms with Crippen LogP contribution >= 0.6 is 0 Å². The third-order valence-electron chi connectivity index (χ3n) is 3.99. The van der Waals surface area contributed by atoms with Gasteiger partial charge in [-0.15, -0.1) is 0 Å². The Hall–Kier alpha value is -2.66. The van der Waals surface area contributed by atoms with Crippen LogP contribution in [0.1, 0.15) is 16.1 Å². The number of carbonyl (C=O) groups is 1. The van der Waals surface area contributed by atoms with Crippen molar-refractivity contribution in [3.8, 4) is 0 Å². The molecular weight excluding hydrogens is 302 g/mol. The summed E-state index contributed by atoms with van der Waals surface area (Å²) in [4.78, 5) is 16.8. The van der Waals surface area contributed by atoms with Gasteiger partial charge in [0.1, 0.15) is 0 Å². The predicted octanol–water partition coefficient (Wildman–Crippen LogP) is 2.66. The molecule has 0 bridgehead atoms. The van der Waals surface area contributed by atoms with E-state index in [1.807, 2.05) is 48.7 Å². The zero-order valence-electron chi connectivity index (χ0n) is 13.7. The number of benzene rings is 1. The Morgan fingerprint density at radius 3 is 2.92 bits per heavy atom. The predicted molar refractivity (Wildman–Crippen MR) is 94.1 cm³/mol. The maximum atomic E-state index is 12.5. The lowest BCUT2D eigenvalue weighted by molar-refractivity contribution is 0.0955. The number of ether oxygens (including phenoxy) is 1. The summed E-state index contributed by atoms with van der Waals surface area (Å²) in [5.41, 5.74) is 2.72. The van der Waals surface area contributed by atoms with Gasteiger partial charge in [0, 0.05) is 61.2 Å². The van der Waals surface area contributed by atoms with Crippen LogP contribution in [0.5, 0.6) is 0 Å². The molecule has 5 heteroatoms. The number of amides is 1. The summed E-state index contributed by atoms with van der Waals surface area (Å²) in [7, 11) is 1.69. The molecule has 5 nitrogen and oxygen atoms in total. The number of aromatic nitrogens is 2. The van der Waals surface area contributed by atoms with Gasteiger partial charge in [-0.25, -0.2) is 0 Å². The Morgan fingerprint density at radius 1 is 1.21 bits per heavy atom. The average Bonchev–Trinajstić information content (AvgIpc) is 3.04. The number of carbonyl (C=O) groups excluding carboxylic acids is 1. The van der Waals surface area contributed by atoms with Crippen LogP contribution in [0.3, 0.4) is 0 Å². The third-order valence-corrected chi connectivity index (χ3v) is 3.99. The SMILES string of the molecule is COCCn1ccc2c(C(=O)NCCc3ccccn3)cccc21. The number of hydrogen-bond donors (Lipinski definition) is 1. The maximum absolute atomic E-state index is 12.5. The van der Waals surface area contributed by atoms with E-state index in [1.165, 1.54) is 0 Å². The molecule has 1 amide bonds. The van der Waals surface area contributed by atoms with Gasteiger partial charge >= 0.3 is 0 Å². The van der Waals surface area contributed by atoms with Crippen molar-refractivity contribution in [2.45, 2.75) is 13.0 Å². The second-order valence-electron chi connectivity index (χ2n) is 5.57. The van der Waals surface area contributed by atoms with Gasteiger partial charge in [0.2, 0.25) is 0 Å². The van der Waals surface area contributed by atoms with Crippen LogP contribution in [0, 0.1) is 0 Å². The van der Waals surface area contributed by atoms with E-state index in [0.29, 0.717) is 18.7 Å². The number of nitrogens with zero attached hydrogens (tertiary/aromatic N) is 2. The van der Waals surface area contributed by atoms with E-state index < -0.39 is 0 Å². The van der Waals surface area contributed by atoms with Gasteiger partial charge in [-0.3, -0.25) is 9.78 Å². The first kappa shape index (κ1) is 16.2. The highest BCUT2D eigenvalue weighted by atomic mass is 16.5. The summed E-state index contributed by atoms with van der Waals surface area (Å²) in [6, 6.07) is 13.6. The lowest BCUT2D eigenvalue weighted by atomic mass is 10.1. The third kappa shape index (κ3) is 3.63. The summed E-state index contributed by atoms with van der Waals surface area (Å²) < 4.78 is 7.23. The highest BCUT2D eigenvalue weighted by Gasteiger charge is 2.11. The van der Waals surface area contributed by atoms with Crippen LogP contribution in [0.25, 0.3) is 10.9 Å². The minimum absolute atomic E-state index is 0.0546. The average molecular weight is 323 g/mol. The summed E-state index contributed by atoms with van der Waals surface area (Å²) >= 11 is 0. The molecule has 1 N–H and O–H groups in total. The summed E-state index contributed by atoms with van der Waals surface area (Å²) in [5.74, 6) is -0.0546. The molecule has 3 rings (SSSR count). The molecule has 3 aromatic rings. The normalized spacial score (nSPS) is 10.9. The van der Waals surface area contributed by atoms with Gasteiger partial charge < -0.3 is 14.6 Å². The molecule has 1 aromatic carbocycles. The minimum Gasteiger partial charge on any atom is -0.383 e. The van der Waals surface area contributed by atoms with Crippen LogP contribution < -0.4 is 5.32 Å². The lowest BCUT2D eigenvalue weighted by Gasteiger charge is -2.08. The first-order valence-electron chi connectivity index (χ1n) is 8.04. The molecule has 2 aromatic heterocycles. The Balaban J connectivity index is 1.69. The molecule has 0 saturated carbocycles. The van der Waals surface area contributed by atoms with Crippen LogP contribution in [-0.4, -0.2) is 35.7 Å². The molecule has 124 valence electrons. The highest BCUT2D eigenvalue weighted by molar-refractivity contribution is 6.06. The summed E-state index contributed by atoms with van der Waals surface area (Å²) in [6.45, 7) is 1.98. The molecule has 0 radical (unpaired) electrons. The van der Waals surface area contributed by atoms with E-state index in [4.69, 9.17) is 4.74 Å². The smallest absolute Gasteiger partial charge is 0.251 e. The Morgan fingerprint density at radius 2 is 2.12 bits per heavy atom. The fraction of sp³-hybridized carbons (Fsp3) is 0.263. The van der Waals surface area contributed by atoms with Gasteiger partial charge in [-0.2, -0.15) is 0 Å². The molecule has 0 fully saturated rings. The quantitative estimate of drug-likeness (QED) is 0.727. The first-order valence-corrected chi connectivity index (χ1v) is 8.04. The monoisotopic (exact) mass is 323 g/mol. The molecule has 0 aliphatic heterocycles. The molecular formula is C19H21N3O2. The van der Waals surface area contributed by atoms with E-state index in [1.54, 1.807) is 13.3 Å². The fourth-order valence-corrected chi connectivity index (χ4v) is 2.75. The lowest BCUT2D eigenvalue weighted by Crippen LogP contribution is -2.26. The van der Waals surface area contributed by atoms with Crippen LogP contribution in [-0.2, 0) is 17.7 Å². The van der Waals surface area contributed by atoms with Crippen molar-refractivity contribution in [1.29, 1.82) is 0 Å². The molecule has 0 spiro atoms. The standard InChI is InChI=1S/C19H21N3O2/c1-24-14-13-22-12-9-16-17(6-4-7-18(16)22)19(23)21-11-8-15-5-2-3-10-20-15/h2-7,9-10,12H,8,11,13-14H2,1H3,(H,21,23). The van der Waals surface area contributed by atoms with Crippen molar-refractivity contribution in [2.75, 3.05) is 20.3 Å². The van der Waals surface area contributed by atoms with E-state index in [2.05, 4.69) is 14.9 Å². The Labute approximate surface area is 141 Å². The van der Waals surface area contributed by atoms with Crippen molar-refractivity contribution < 1.29 is 9.53 Å². The first-order chi connectivity index (χ1) is 11.8. The van der Waals surface area contributed by atoms with Crippen LogP contribution in [0.4, 0.5) is 0 Å². The number of hydrogen-bond acceptors (Lipinski definition) is 3. The number of methoxy groups -OCH3 is 1. The number of nitrogens with one attached hydrogen (secondary N) is 1. The molecule has 0 saturated heterocycles. The van der Waals surface area contributed by atoms with E-state index in [-0.39, 0.29) is 5.91 Å². The van der Waals surface area contributed by atoms with Gasteiger partial charge in [0.25, 0.3) is 5.91 Å². The number of fused-ring (bicyclic) bond motifs is 1. The molecule has 0 aliphatic carbocycles.